The average Bonchev–Trinajstić information content (AvgIpc) is 3.19. The second kappa shape index (κ2) is 7.86. The minimum atomic E-state index is -0.929. The summed E-state index contributed by atoms with van der Waals surface area (Å²) in [4.78, 5) is 46.9. The van der Waals surface area contributed by atoms with Crippen molar-refractivity contribution in [1.82, 2.24) is 10.2 Å². The van der Waals surface area contributed by atoms with Gasteiger partial charge in [-0.3, -0.25) is 24.5 Å². The number of thiophene rings is 1. The van der Waals surface area contributed by atoms with Gasteiger partial charge in [-0.25, -0.2) is 0 Å². The molecule has 0 radical (unpaired) electrons. The first-order valence-electron chi connectivity index (χ1n) is 7.45. The van der Waals surface area contributed by atoms with Gasteiger partial charge in [0.25, 0.3) is 5.91 Å². The van der Waals surface area contributed by atoms with Crippen LogP contribution >= 0.6 is 11.3 Å². The van der Waals surface area contributed by atoms with Crippen molar-refractivity contribution in [2.24, 2.45) is 0 Å². The predicted octanol–water partition coefficient (Wildman–Crippen LogP) is 1.24. The summed E-state index contributed by atoms with van der Waals surface area (Å²) in [7, 11) is 0. The third-order valence-electron chi connectivity index (χ3n) is 3.67. The van der Waals surface area contributed by atoms with Crippen LogP contribution < -0.4 is 5.32 Å². The zero-order chi connectivity index (χ0) is 17.7. The summed E-state index contributed by atoms with van der Waals surface area (Å²) >= 11 is 0.787. The molecule has 2 rings (SSSR count). The predicted molar refractivity (Wildman–Crippen MR) is 84.9 cm³/mol. The highest BCUT2D eigenvalue weighted by molar-refractivity contribution is 7.17. The second-order valence-electron chi connectivity index (χ2n) is 5.34. The summed E-state index contributed by atoms with van der Waals surface area (Å²) in [6, 6.07) is 2.05. The number of nitrogens with one attached hydrogen (secondary N) is 1. The highest BCUT2D eigenvalue weighted by Gasteiger charge is 2.35. The zero-order valence-corrected chi connectivity index (χ0v) is 13.6. The fourth-order valence-corrected chi connectivity index (χ4v) is 3.31. The minimum absolute atomic E-state index is 0.0353. The highest BCUT2D eigenvalue weighted by Crippen LogP contribution is 2.28. The van der Waals surface area contributed by atoms with Crippen LogP contribution in [0.15, 0.2) is 12.1 Å². The van der Waals surface area contributed by atoms with Gasteiger partial charge in [0.15, 0.2) is 0 Å². The molecular formula is C14H17N3O6S. The quantitative estimate of drug-likeness (QED) is 0.430. The molecule has 0 aliphatic carbocycles. The van der Waals surface area contributed by atoms with Crippen molar-refractivity contribution in [1.29, 1.82) is 0 Å². The number of hydrogen-bond donors (Lipinski definition) is 2. The van der Waals surface area contributed by atoms with Crippen LogP contribution in [0.1, 0.15) is 35.4 Å². The maximum Gasteiger partial charge on any atom is 0.324 e. The first-order valence-corrected chi connectivity index (χ1v) is 8.26. The smallest absolute Gasteiger partial charge is 0.324 e. The standard InChI is InChI=1S/C14H17N3O6S/c18-12(19)4-1-7-15-13(20)9-3-2-8-16(9)14(21)10-5-6-11(24-10)17(22)23/h5-6,9H,1-4,7-8H2,(H,15,20)(H,18,19). The van der Waals surface area contributed by atoms with E-state index in [1.165, 1.54) is 17.0 Å². The van der Waals surface area contributed by atoms with E-state index in [9.17, 15) is 24.5 Å². The van der Waals surface area contributed by atoms with Crippen molar-refractivity contribution in [3.63, 3.8) is 0 Å². The lowest BCUT2D eigenvalue weighted by Crippen LogP contribution is -2.46. The van der Waals surface area contributed by atoms with Gasteiger partial charge in [-0.2, -0.15) is 0 Å². The van der Waals surface area contributed by atoms with E-state index in [2.05, 4.69) is 5.32 Å². The lowest BCUT2D eigenvalue weighted by Gasteiger charge is -2.23. The number of carbonyl (C=O) groups excluding carboxylic acids is 2. The van der Waals surface area contributed by atoms with E-state index in [1.54, 1.807) is 0 Å². The van der Waals surface area contributed by atoms with Crippen molar-refractivity contribution in [3.05, 3.63) is 27.1 Å². The van der Waals surface area contributed by atoms with Crippen molar-refractivity contribution in [2.45, 2.75) is 31.7 Å². The number of carboxylic acid groups (broad SMARTS) is 1. The summed E-state index contributed by atoms with van der Waals surface area (Å²) in [5, 5.41) is 21.8. The molecule has 0 spiro atoms. The van der Waals surface area contributed by atoms with E-state index < -0.39 is 22.8 Å². The highest BCUT2D eigenvalue weighted by atomic mass is 32.1. The molecule has 0 bridgehead atoms. The summed E-state index contributed by atoms with van der Waals surface area (Å²) in [6.07, 6.45) is 1.47. The Labute approximate surface area is 141 Å². The summed E-state index contributed by atoms with van der Waals surface area (Å²) in [5.74, 6) is -1.64. The molecule has 1 aliphatic rings. The molecular weight excluding hydrogens is 338 g/mol. The molecule has 9 nitrogen and oxygen atoms in total. The van der Waals surface area contributed by atoms with Gasteiger partial charge in [-0.15, -0.1) is 0 Å². The fourth-order valence-electron chi connectivity index (χ4n) is 2.53. The molecule has 1 atom stereocenters. The molecule has 2 N–H and O–H groups in total. The van der Waals surface area contributed by atoms with Gasteiger partial charge in [-0.05, 0) is 25.3 Å². The monoisotopic (exact) mass is 355 g/mol. The number of likely N-dealkylation sites (tertiary alicyclic amines) is 1. The maximum absolute atomic E-state index is 12.5. The van der Waals surface area contributed by atoms with Crippen molar-refractivity contribution in [2.75, 3.05) is 13.1 Å². The Hall–Kier alpha value is -2.49. The van der Waals surface area contributed by atoms with Crippen molar-refractivity contribution < 1.29 is 24.4 Å². The SMILES string of the molecule is O=C(O)CCCNC(=O)C1CCCN1C(=O)c1ccc([N+](=O)[O-])s1. The zero-order valence-electron chi connectivity index (χ0n) is 12.8. The van der Waals surface area contributed by atoms with E-state index in [1.807, 2.05) is 0 Å². The molecule has 1 saturated heterocycles. The molecule has 0 saturated carbocycles. The van der Waals surface area contributed by atoms with E-state index >= 15 is 0 Å². The third kappa shape index (κ3) is 4.28. The van der Waals surface area contributed by atoms with Gasteiger partial charge in [-0.1, -0.05) is 11.3 Å². The molecule has 0 aromatic carbocycles. The maximum atomic E-state index is 12.5. The van der Waals surface area contributed by atoms with Crippen LogP contribution in [0.5, 0.6) is 0 Å². The number of hydrogen-bond acceptors (Lipinski definition) is 6. The summed E-state index contributed by atoms with van der Waals surface area (Å²) in [5.41, 5.74) is 0. The number of carboxylic acids is 1. The second-order valence-corrected chi connectivity index (χ2v) is 6.40. The lowest BCUT2D eigenvalue weighted by molar-refractivity contribution is -0.380. The molecule has 2 heterocycles. The number of amides is 2. The van der Waals surface area contributed by atoms with E-state index in [4.69, 9.17) is 5.11 Å². The van der Waals surface area contributed by atoms with Crippen LogP contribution in [0.3, 0.4) is 0 Å². The van der Waals surface area contributed by atoms with Crippen molar-refractivity contribution in [3.8, 4) is 0 Å². The number of nitro groups is 1. The summed E-state index contributed by atoms with van der Waals surface area (Å²) in [6.45, 7) is 0.645. The Morgan fingerprint density at radius 1 is 1.42 bits per heavy atom. The summed E-state index contributed by atoms with van der Waals surface area (Å²) < 4.78 is 0. The number of aliphatic carboxylic acids is 1. The van der Waals surface area contributed by atoms with Crippen LogP contribution in [0.2, 0.25) is 0 Å². The number of rotatable bonds is 7. The number of nitrogens with zero attached hydrogens (tertiary/aromatic N) is 2. The molecule has 1 aliphatic heterocycles. The Kier molecular flexibility index (Phi) is 5.85. The minimum Gasteiger partial charge on any atom is -0.481 e. The largest absolute Gasteiger partial charge is 0.481 e. The van der Waals surface area contributed by atoms with Crippen LogP contribution in [0.25, 0.3) is 0 Å². The van der Waals surface area contributed by atoms with Gasteiger partial charge in [0, 0.05) is 25.6 Å². The number of carbonyl (C=O) groups is 3. The van der Waals surface area contributed by atoms with Gasteiger partial charge in [0.05, 0.1) is 9.80 Å². The molecule has 130 valence electrons. The molecule has 2 amide bonds. The van der Waals surface area contributed by atoms with Gasteiger partial charge in [0.1, 0.15) is 6.04 Å². The van der Waals surface area contributed by atoms with Crippen LogP contribution in [0, 0.1) is 10.1 Å². The van der Waals surface area contributed by atoms with E-state index in [-0.39, 0.29) is 28.8 Å². The Morgan fingerprint density at radius 3 is 2.79 bits per heavy atom. The van der Waals surface area contributed by atoms with Crippen LogP contribution in [0.4, 0.5) is 5.00 Å². The molecule has 1 aromatic heterocycles. The first-order chi connectivity index (χ1) is 11.4. The molecule has 1 fully saturated rings. The molecule has 1 unspecified atom stereocenters. The van der Waals surface area contributed by atoms with Crippen LogP contribution in [-0.2, 0) is 9.59 Å². The Balaban J connectivity index is 1.95. The Bertz CT molecular complexity index is 659. The molecule has 10 heteroatoms. The van der Waals surface area contributed by atoms with Crippen molar-refractivity contribution >= 4 is 34.1 Å². The third-order valence-corrected chi connectivity index (χ3v) is 4.69. The van der Waals surface area contributed by atoms with E-state index in [0.29, 0.717) is 25.8 Å². The van der Waals surface area contributed by atoms with E-state index in [0.717, 1.165) is 11.3 Å². The van der Waals surface area contributed by atoms with Gasteiger partial charge < -0.3 is 15.3 Å². The topological polar surface area (TPSA) is 130 Å². The van der Waals surface area contributed by atoms with Crippen LogP contribution in [-0.4, -0.2) is 51.8 Å². The van der Waals surface area contributed by atoms with Gasteiger partial charge >= 0.3 is 11.0 Å². The normalized spacial score (nSPS) is 16.8. The average molecular weight is 355 g/mol. The molecule has 1 aromatic rings. The first kappa shape index (κ1) is 17.9. The Morgan fingerprint density at radius 2 is 2.17 bits per heavy atom. The molecule has 24 heavy (non-hydrogen) atoms. The lowest BCUT2D eigenvalue weighted by atomic mass is 10.2. The van der Waals surface area contributed by atoms with Gasteiger partial charge in [0.2, 0.25) is 5.91 Å². The fraction of sp³-hybridized carbons (Fsp3) is 0.500.